The van der Waals surface area contributed by atoms with Gasteiger partial charge in [-0.15, -0.1) is 0 Å². The van der Waals surface area contributed by atoms with Gasteiger partial charge in [0.05, 0.1) is 0 Å². The quantitative estimate of drug-likeness (QED) is 0.903. The molecule has 0 spiro atoms. The van der Waals surface area contributed by atoms with Crippen LogP contribution < -0.4 is 5.73 Å². The predicted molar refractivity (Wildman–Crippen MR) is 76.9 cm³/mol. The van der Waals surface area contributed by atoms with Crippen LogP contribution in [0.4, 0.5) is 0 Å². The third kappa shape index (κ3) is 2.45. The number of hydrogen-bond acceptors (Lipinski definition) is 2. The second kappa shape index (κ2) is 5.17. The lowest BCUT2D eigenvalue weighted by Gasteiger charge is -2.05. The molecule has 0 atom stereocenters. The van der Waals surface area contributed by atoms with Crippen LogP contribution in [0.15, 0.2) is 52.3 Å². The molecule has 1 nitrogen and oxygen atoms in total. The fourth-order valence-corrected chi connectivity index (χ4v) is 3.32. The lowest BCUT2D eigenvalue weighted by Crippen LogP contribution is -1.94. The number of nitrogens with two attached hydrogens (primary N) is 1. The summed E-state index contributed by atoms with van der Waals surface area (Å²) in [5, 5.41) is 0. The van der Waals surface area contributed by atoms with Crippen molar-refractivity contribution in [3.05, 3.63) is 59.2 Å². The van der Waals surface area contributed by atoms with E-state index in [0.717, 1.165) is 0 Å². The molecule has 0 aromatic heterocycles. The van der Waals surface area contributed by atoms with E-state index in [4.69, 9.17) is 5.73 Å². The van der Waals surface area contributed by atoms with E-state index in [1.54, 1.807) is 5.56 Å². The molecule has 0 aliphatic heterocycles. The second-order valence-corrected chi connectivity index (χ2v) is 5.88. The zero-order valence-electron chi connectivity index (χ0n) is 10.4. The summed E-state index contributed by atoms with van der Waals surface area (Å²) in [6.07, 6.45) is 3.82. The molecule has 3 rings (SSSR count). The van der Waals surface area contributed by atoms with Crippen molar-refractivity contribution in [3.8, 4) is 0 Å². The fourth-order valence-electron chi connectivity index (χ4n) is 2.44. The fraction of sp³-hybridized carbons (Fsp3) is 0.250. The molecule has 18 heavy (non-hydrogen) atoms. The number of hydrogen-bond donors (Lipinski definition) is 1. The van der Waals surface area contributed by atoms with Crippen LogP contribution in [-0.4, -0.2) is 0 Å². The van der Waals surface area contributed by atoms with Gasteiger partial charge in [-0.3, -0.25) is 0 Å². The number of aryl methyl sites for hydroxylation is 2. The van der Waals surface area contributed by atoms with Crippen molar-refractivity contribution in [1.29, 1.82) is 0 Å². The zero-order chi connectivity index (χ0) is 12.4. The maximum absolute atomic E-state index is 5.61. The van der Waals surface area contributed by atoms with Crippen molar-refractivity contribution in [1.82, 2.24) is 0 Å². The van der Waals surface area contributed by atoms with Crippen molar-refractivity contribution >= 4 is 11.8 Å². The summed E-state index contributed by atoms with van der Waals surface area (Å²) in [7, 11) is 0. The molecule has 2 aromatic carbocycles. The highest BCUT2D eigenvalue weighted by atomic mass is 32.2. The summed E-state index contributed by atoms with van der Waals surface area (Å²) in [5.74, 6) is 0. The van der Waals surface area contributed by atoms with E-state index < -0.39 is 0 Å². The summed E-state index contributed by atoms with van der Waals surface area (Å²) < 4.78 is 0. The summed E-state index contributed by atoms with van der Waals surface area (Å²) in [6.45, 7) is 0.615. The van der Waals surface area contributed by atoms with Gasteiger partial charge in [0, 0.05) is 16.3 Å². The van der Waals surface area contributed by atoms with E-state index in [1.807, 2.05) is 11.8 Å². The predicted octanol–water partition coefficient (Wildman–Crippen LogP) is 3.79. The van der Waals surface area contributed by atoms with Crippen LogP contribution in [0.3, 0.4) is 0 Å². The monoisotopic (exact) mass is 255 g/mol. The molecular formula is C16H17NS. The maximum atomic E-state index is 5.61. The normalized spacial score (nSPS) is 13.6. The highest BCUT2D eigenvalue weighted by Crippen LogP contribution is 2.32. The van der Waals surface area contributed by atoms with Crippen LogP contribution in [0.25, 0.3) is 0 Å². The Bertz CT molecular complexity index is 546. The topological polar surface area (TPSA) is 26.0 Å². The van der Waals surface area contributed by atoms with E-state index in [-0.39, 0.29) is 0 Å². The van der Waals surface area contributed by atoms with Crippen molar-refractivity contribution < 1.29 is 0 Å². The van der Waals surface area contributed by atoms with Crippen molar-refractivity contribution in [2.24, 2.45) is 5.73 Å². The Kier molecular flexibility index (Phi) is 3.39. The molecule has 0 amide bonds. The number of rotatable bonds is 3. The van der Waals surface area contributed by atoms with Gasteiger partial charge in [0.25, 0.3) is 0 Å². The van der Waals surface area contributed by atoms with Crippen LogP contribution >= 0.6 is 11.8 Å². The molecule has 0 fully saturated rings. The third-order valence-corrected chi connectivity index (χ3v) is 4.46. The zero-order valence-corrected chi connectivity index (χ0v) is 11.2. The number of benzene rings is 2. The first-order chi connectivity index (χ1) is 8.85. The van der Waals surface area contributed by atoms with Gasteiger partial charge in [0.1, 0.15) is 0 Å². The van der Waals surface area contributed by atoms with E-state index in [0.29, 0.717) is 6.54 Å². The van der Waals surface area contributed by atoms with Crippen LogP contribution in [0.1, 0.15) is 23.1 Å². The standard InChI is InChI=1S/C16H17NS/c17-11-12-4-7-15(8-5-12)18-16-9-6-13-2-1-3-14(13)10-16/h4-10H,1-3,11,17H2. The average molecular weight is 255 g/mol. The molecule has 0 bridgehead atoms. The van der Waals surface area contributed by atoms with Gasteiger partial charge < -0.3 is 5.73 Å². The molecular weight excluding hydrogens is 238 g/mol. The molecule has 1 aliphatic carbocycles. The maximum Gasteiger partial charge on any atom is 0.0178 e. The van der Waals surface area contributed by atoms with E-state index >= 15 is 0 Å². The summed E-state index contributed by atoms with van der Waals surface area (Å²) in [5.41, 5.74) is 9.88. The van der Waals surface area contributed by atoms with E-state index in [9.17, 15) is 0 Å². The average Bonchev–Trinajstić information content (AvgIpc) is 2.87. The van der Waals surface area contributed by atoms with Gasteiger partial charge in [-0.2, -0.15) is 0 Å². The SMILES string of the molecule is NCc1ccc(Sc2ccc3c(c2)CCC3)cc1. The minimum atomic E-state index is 0.615. The first-order valence-corrected chi connectivity index (χ1v) is 7.25. The second-order valence-electron chi connectivity index (χ2n) is 4.73. The molecule has 92 valence electrons. The summed E-state index contributed by atoms with van der Waals surface area (Å²) in [6, 6.07) is 15.4. The highest BCUT2D eigenvalue weighted by Gasteiger charge is 2.11. The molecule has 2 aromatic rings. The van der Waals surface area contributed by atoms with Crippen molar-refractivity contribution in [2.45, 2.75) is 35.6 Å². The molecule has 2 N–H and O–H groups in total. The minimum Gasteiger partial charge on any atom is -0.326 e. The van der Waals surface area contributed by atoms with Gasteiger partial charge in [0.15, 0.2) is 0 Å². The first-order valence-electron chi connectivity index (χ1n) is 6.44. The Labute approximate surface area is 112 Å². The van der Waals surface area contributed by atoms with E-state index in [2.05, 4.69) is 42.5 Å². The van der Waals surface area contributed by atoms with Crippen LogP contribution in [0.2, 0.25) is 0 Å². The molecule has 0 unspecified atom stereocenters. The Balaban J connectivity index is 1.79. The molecule has 0 saturated carbocycles. The molecule has 0 radical (unpaired) electrons. The Morgan fingerprint density at radius 3 is 2.39 bits per heavy atom. The summed E-state index contributed by atoms with van der Waals surface area (Å²) >= 11 is 1.83. The molecule has 1 aliphatic rings. The van der Waals surface area contributed by atoms with Gasteiger partial charge in [-0.1, -0.05) is 30.0 Å². The Morgan fingerprint density at radius 2 is 1.61 bits per heavy atom. The minimum absolute atomic E-state index is 0.615. The third-order valence-electron chi connectivity index (χ3n) is 3.46. The van der Waals surface area contributed by atoms with Crippen molar-refractivity contribution in [3.63, 3.8) is 0 Å². The lowest BCUT2D eigenvalue weighted by atomic mass is 10.1. The molecule has 0 heterocycles. The highest BCUT2D eigenvalue weighted by molar-refractivity contribution is 7.99. The Morgan fingerprint density at radius 1 is 0.889 bits per heavy atom. The first kappa shape index (κ1) is 11.8. The van der Waals surface area contributed by atoms with Gasteiger partial charge in [-0.25, -0.2) is 0 Å². The van der Waals surface area contributed by atoms with Crippen LogP contribution in [0, 0.1) is 0 Å². The van der Waals surface area contributed by atoms with Crippen LogP contribution in [-0.2, 0) is 19.4 Å². The largest absolute Gasteiger partial charge is 0.326 e. The van der Waals surface area contributed by atoms with Gasteiger partial charge in [0.2, 0.25) is 0 Å². The molecule has 0 saturated heterocycles. The van der Waals surface area contributed by atoms with Gasteiger partial charge in [-0.05, 0) is 60.2 Å². The number of fused-ring (bicyclic) bond motifs is 1. The molecule has 2 heteroatoms. The van der Waals surface area contributed by atoms with Crippen molar-refractivity contribution in [2.75, 3.05) is 0 Å². The Hall–Kier alpha value is -1.25. The summed E-state index contributed by atoms with van der Waals surface area (Å²) in [4.78, 5) is 2.63. The lowest BCUT2D eigenvalue weighted by molar-refractivity contribution is 0.911. The smallest absolute Gasteiger partial charge is 0.0178 e. The van der Waals surface area contributed by atoms with Crippen LogP contribution in [0.5, 0.6) is 0 Å². The van der Waals surface area contributed by atoms with Gasteiger partial charge >= 0.3 is 0 Å². The van der Waals surface area contributed by atoms with E-state index in [1.165, 1.54) is 40.2 Å².